The number of anilines is 1. The van der Waals surface area contributed by atoms with Crippen molar-refractivity contribution in [3.63, 3.8) is 0 Å². The van der Waals surface area contributed by atoms with Gasteiger partial charge in [-0.05, 0) is 23.6 Å². The standard InChI is InChI=1S/C14H23N3O2S/c1-3-10(2)13(15)14(19)17-12-8-11(4-5-16-12)9-20-7-6-18/h4-5,8,10,13,18H,3,6-7,9,15H2,1-2H3,(H,16,17,19). The summed E-state index contributed by atoms with van der Waals surface area (Å²) in [6, 6.07) is 3.22. The number of thioether (sulfide) groups is 1. The second-order valence-electron chi connectivity index (χ2n) is 4.73. The van der Waals surface area contributed by atoms with Gasteiger partial charge in [-0.1, -0.05) is 20.3 Å². The molecule has 112 valence electrons. The van der Waals surface area contributed by atoms with E-state index in [1.807, 2.05) is 26.0 Å². The summed E-state index contributed by atoms with van der Waals surface area (Å²) in [6.45, 7) is 4.14. The van der Waals surface area contributed by atoms with Gasteiger partial charge in [-0.2, -0.15) is 11.8 Å². The molecule has 1 amide bonds. The Morgan fingerprint density at radius 3 is 3.00 bits per heavy atom. The van der Waals surface area contributed by atoms with Crippen LogP contribution in [-0.4, -0.2) is 34.4 Å². The summed E-state index contributed by atoms with van der Waals surface area (Å²) in [7, 11) is 0. The van der Waals surface area contributed by atoms with Gasteiger partial charge in [0, 0.05) is 17.7 Å². The van der Waals surface area contributed by atoms with Crippen molar-refractivity contribution in [1.29, 1.82) is 0 Å². The zero-order chi connectivity index (χ0) is 15.0. The monoisotopic (exact) mass is 297 g/mol. The van der Waals surface area contributed by atoms with E-state index in [4.69, 9.17) is 10.8 Å². The molecule has 0 radical (unpaired) electrons. The van der Waals surface area contributed by atoms with Gasteiger partial charge in [0.05, 0.1) is 12.6 Å². The number of hydrogen-bond acceptors (Lipinski definition) is 5. The summed E-state index contributed by atoms with van der Waals surface area (Å²) >= 11 is 1.63. The lowest BCUT2D eigenvalue weighted by molar-refractivity contribution is -0.118. The van der Waals surface area contributed by atoms with Crippen molar-refractivity contribution >= 4 is 23.5 Å². The minimum atomic E-state index is -0.519. The number of pyridine rings is 1. The van der Waals surface area contributed by atoms with Gasteiger partial charge in [0.2, 0.25) is 5.91 Å². The normalized spacial score (nSPS) is 13.8. The van der Waals surface area contributed by atoms with E-state index in [9.17, 15) is 4.79 Å². The zero-order valence-corrected chi connectivity index (χ0v) is 12.8. The Balaban J connectivity index is 2.59. The highest BCUT2D eigenvalue weighted by molar-refractivity contribution is 7.98. The van der Waals surface area contributed by atoms with Gasteiger partial charge in [0.25, 0.3) is 0 Å². The predicted molar refractivity (Wildman–Crippen MR) is 83.5 cm³/mol. The Labute approximate surface area is 124 Å². The highest BCUT2D eigenvalue weighted by atomic mass is 32.2. The number of amides is 1. The Hall–Kier alpha value is -1.11. The molecule has 1 heterocycles. The van der Waals surface area contributed by atoms with E-state index in [1.54, 1.807) is 18.0 Å². The fraction of sp³-hybridized carbons (Fsp3) is 0.571. The van der Waals surface area contributed by atoms with Gasteiger partial charge < -0.3 is 16.2 Å². The molecule has 1 rings (SSSR count). The highest BCUT2D eigenvalue weighted by Gasteiger charge is 2.19. The summed E-state index contributed by atoms with van der Waals surface area (Å²) in [6.07, 6.45) is 2.53. The van der Waals surface area contributed by atoms with Gasteiger partial charge >= 0.3 is 0 Å². The fourth-order valence-electron chi connectivity index (χ4n) is 1.61. The third-order valence-corrected chi connectivity index (χ3v) is 4.15. The minimum Gasteiger partial charge on any atom is -0.396 e. The number of nitrogens with two attached hydrogens (primary N) is 1. The number of rotatable bonds is 8. The van der Waals surface area contributed by atoms with Crippen molar-refractivity contribution in [3.05, 3.63) is 23.9 Å². The van der Waals surface area contributed by atoms with Crippen LogP contribution in [0.1, 0.15) is 25.8 Å². The molecule has 5 nitrogen and oxygen atoms in total. The first-order valence-electron chi connectivity index (χ1n) is 6.78. The van der Waals surface area contributed by atoms with E-state index in [0.717, 1.165) is 17.7 Å². The van der Waals surface area contributed by atoms with Crippen molar-refractivity contribution in [2.45, 2.75) is 32.1 Å². The van der Waals surface area contributed by atoms with Gasteiger partial charge in [0.1, 0.15) is 5.82 Å². The van der Waals surface area contributed by atoms with Gasteiger partial charge in [-0.15, -0.1) is 0 Å². The molecule has 0 aliphatic heterocycles. The lowest BCUT2D eigenvalue weighted by Crippen LogP contribution is -2.40. The third kappa shape index (κ3) is 5.48. The first-order chi connectivity index (χ1) is 9.58. The molecule has 0 bridgehead atoms. The average Bonchev–Trinajstić information content (AvgIpc) is 2.46. The molecule has 2 unspecified atom stereocenters. The van der Waals surface area contributed by atoms with Crippen LogP contribution in [0.3, 0.4) is 0 Å². The van der Waals surface area contributed by atoms with Crippen LogP contribution in [0.4, 0.5) is 5.82 Å². The molecule has 0 aliphatic carbocycles. The molecular weight excluding hydrogens is 274 g/mol. The molecule has 4 N–H and O–H groups in total. The average molecular weight is 297 g/mol. The van der Waals surface area contributed by atoms with E-state index < -0.39 is 6.04 Å². The number of nitrogens with one attached hydrogen (secondary N) is 1. The molecule has 1 aromatic rings. The van der Waals surface area contributed by atoms with Crippen LogP contribution in [0.5, 0.6) is 0 Å². The van der Waals surface area contributed by atoms with Crippen LogP contribution in [-0.2, 0) is 10.5 Å². The van der Waals surface area contributed by atoms with Crippen molar-refractivity contribution in [3.8, 4) is 0 Å². The third-order valence-electron chi connectivity index (χ3n) is 3.14. The van der Waals surface area contributed by atoms with Crippen LogP contribution in [0, 0.1) is 5.92 Å². The summed E-state index contributed by atoms with van der Waals surface area (Å²) in [5, 5.41) is 11.5. The molecular formula is C14H23N3O2S. The Kier molecular flexibility index (Phi) is 7.58. The Morgan fingerprint density at radius 2 is 2.35 bits per heavy atom. The largest absolute Gasteiger partial charge is 0.396 e. The number of hydrogen-bond donors (Lipinski definition) is 3. The van der Waals surface area contributed by atoms with Crippen molar-refractivity contribution < 1.29 is 9.90 Å². The molecule has 0 aliphatic rings. The molecule has 1 aromatic heterocycles. The molecule has 0 spiro atoms. The first kappa shape index (κ1) is 16.9. The van der Waals surface area contributed by atoms with Crippen molar-refractivity contribution in [2.75, 3.05) is 17.7 Å². The van der Waals surface area contributed by atoms with Crippen molar-refractivity contribution in [2.24, 2.45) is 11.7 Å². The zero-order valence-electron chi connectivity index (χ0n) is 12.0. The van der Waals surface area contributed by atoms with Crippen LogP contribution in [0.25, 0.3) is 0 Å². The van der Waals surface area contributed by atoms with Crippen LogP contribution < -0.4 is 11.1 Å². The number of aromatic nitrogens is 1. The highest BCUT2D eigenvalue weighted by Crippen LogP contribution is 2.15. The molecule has 2 atom stereocenters. The van der Waals surface area contributed by atoms with Crippen LogP contribution in [0.2, 0.25) is 0 Å². The van der Waals surface area contributed by atoms with E-state index in [1.165, 1.54) is 0 Å². The number of carbonyl (C=O) groups excluding carboxylic acids is 1. The summed E-state index contributed by atoms with van der Waals surface area (Å²) in [4.78, 5) is 16.1. The summed E-state index contributed by atoms with van der Waals surface area (Å²) in [5.41, 5.74) is 6.94. The Bertz CT molecular complexity index is 429. The minimum absolute atomic E-state index is 0.137. The number of carbonyl (C=O) groups is 1. The number of aliphatic hydroxyl groups excluding tert-OH is 1. The van der Waals surface area contributed by atoms with Gasteiger partial charge in [-0.25, -0.2) is 4.98 Å². The van der Waals surface area contributed by atoms with E-state index in [2.05, 4.69) is 10.3 Å². The number of nitrogens with zero attached hydrogens (tertiary/aromatic N) is 1. The molecule has 0 fully saturated rings. The summed E-state index contributed by atoms with van der Waals surface area (Å²) in [5.74, 6) is 1.94. The second-order valence-corrected chi connectivity index (χ2v) is 5.83. The number of aliphatic hydroxyl groups is 1. The lowest BCUT2D eigenvalue weighted by Gasteiger charge is -2.17. The SMILES string of the molecule is CCC(C)C(N)C(=O)Nc1cc(CSCCO)ccn1. The topological polar surface area (TPSA) is 88.2 Å². The molecule has 0 aromatic carbocycles. The maximum atomic E-state index is 12.0. The molecule has 0 saturated carbocycles. The first-order valence-corrected chi connectivity index (χ1v) is 7.94. The van der Waals surface area contributed by atoms with E-state index >= 15 is 0 Å². The Morgan fingerprint density at radius 1 is 1.60 bits per heavy atom. The molecule has 6 heteroatoms. The summed E-state index contributed by atoms with van der Waals surface area (Å²) < 4.78 is 0. The maximum absolute atomic E-state index is 12.0. The predicted octanol–water partition coefficient (Wildman–Crippen LogP) is 1.62. The van der Waals surface area contributed by atoms with Crippen LogP contribution >= 0.6 is 11.8 Å². The second kappa shape index (κ2) is 8.94. The molecule has 20 heavy (non-hydrogen) atoms. The maximum Gasteiger partial charge on any atom is 0.242 e. The molecule has 0 saturated heterocycles. The van der Waals surface area contributed by atoms with Crippen LogP contribution in [0.15, 0.2) is 18.3 Å². The smallest absolute Gasteiger partial charge is 0.242 e. The van der Waals surface area contributed by atoms with Gasteiger partial charge in [0.15, 0.2) is 0 Å². The quantitative estimate of drug-likeness (QED) is 0.635. The lowest BCUT2D eigenvalue weighted by atomic mass is 9.99. The van der Waals surface area contributed by atoms with Crippen molar-refractivity contribution in [1.82, 2.24) is 4.98 Å². The van der Waals surface area contributed by atoms with Gasteiger partial charge in [-0.3, -0.25) is 4.79 Å². The van der Waals surface area contributed by atoms with E-state index in [-0.39, 0.29) is 18.4 Å². The fourth-order valence-corrected chi connectivity index (χ4v) is 2.30. The van der Waals surface area contributed by atoms with E-state index in [0.29, 0.717) is 11.6 Å².